The molecular formula is C15H21F3N4O2. The van der Waals surface area contributed by atoms with Crippen LogP contribution in [0, 0.1) is 0 Å². The second kappa shape index (κ2) is 7.61. The molecule has 0 amide bonds. The number of halogens is 3. The van der Waals surface area contributed by atoms with Gasteiger partial charge in [0.2, 0.25) is 0 Å². The molecule has 6 nitrogen and oxygen atoms in total. The molecule has 0 aromatic heterocycles. The van der Waals surface area contributed by atoms with Gasteiger partial charge in [-0.05, 0) is 18.6 Å². The van der Waals surface area contributed by atoms with Crippen LogP contribution in [0.4, 0.5) is 18.9 Å². The van der Waals surface area contributed by atoms with Crippen LogP contribution in [0.1, 0.15) is 6.42 Å². The Labute approximate surface area is 138 Å². The molecule has 1 saturated heterocycles. The highest BCUT2D eigenvalue weighted by Gasteiger charge is 2.34. The third-order valence-electron chi connectivity index (χ3n) is 3.64. The van der Waals surface area contributed by atoms with Crippen LogP contribution < -0.4 is 20.5 Å². The number of hydrogen-bond acceptors (Lipinski definition) is 4. The number of methoxy groups -OCH3 is 2. The topological polar surface area (TPSA) is 72.1 Å². The predicted molar refractivity (Wildman–Crippen MR) is 85.7 cm³/mol. The van der Waals surface area contributed by atoms with Crippen LogP contribution in [-0.4, -0.2) is 56.9 Å². The number of anilines is 1. The Hall–Kier alpha value is -2.16. The molecule has 1 aromatic carbocycles. The lowest BCUT2D eigenvalue weighted by atomic mass is 10.2. The van der Waals surface area contributed by atoms with E-state index >= 15 is 0 Å². The predicted octanol–water partition coefficient (Wildman–Crippen LogP) is 2.07. The van der Waals surface area contributed by atoms with Crippen molar-refractivity contribution in [3.05, 3.63) is 18.2 Å². The number of alkyl halides is 3. The SMILES string of the molecule is COc1ccc(OC)c(NC(N)=NC2CCN(CC(F)(F)F)C2)c1. The van der Waals surface area contributed by atoms with E-state index < -0.39 is 12.7 Å². The van der Waals surface area contributed by atoms with Crippen molar-refractivity contribution >= 4 is 11.6 Å². The lowest BCUT2D eigenvalue weighted by Crippen LogP contribution is -2.33. The molecule has 24 heavy (non-hydrogen) atoms. The molecule has 1 aromatic rings. The number of nitrogens with two attached hydrogens (primary N) is 1. The smallest absolute Gasteiger partial charge is 0.401 e. The van der Waals surface area contributed by atoms with Crippen molar-refractivity contribution in [1.82, 2.24) is 4.90 Å². The maximum absolute atomic E-state index is 12.4. The monoisotopic (exact) mass is 346 g/mol. The molecule has 0 aliphatic carbocycles. The molecule has 0 radical (unpaired) electrons. The summed E-state index contributed by atoms with van der Waals surface area (Å²) in [5.74, 6) is 1.29. The van der Waals surface area contributed by atoms with Crippen molar-refractivity contribution in [2.75, 3.05) is 39.2 Å². The second-order valence-electron chi connectivity index (χ2n) is 5.50. The summed E-state index contributed by atoms with van der Waals surface area (Å²) >= 11 is 0. The van der Waals surface area contributed by atoms with E-state index in [1.807, 2.05) is 0 Å². The first-order valence-corrected chi connectivity index (χ1v) is 7.42. The van der Waals surface area contributed by atoms with Gasteiger partial charge in [0.15, 0.2) is 5.96 Å². The average Bonchev–Trinajstić information content (AvgIpc) is 2.91. The zero-order valence-corrected chi connectivity index (χ0v) is 13.6. The Balaban J connectivity index is 2.00. The molecule has 0 bridgehead atoms. The number of rotatable bonds is 5. The minimum atomic E-state index is -4.20. The summed E-state index contributed by atoms with van der Waals surface area (Å²) in [5.41, 5.74) is 6.45. The summed E-state index contributed by atoms with van der Waals surface area (Å²) in [6.45, 7) is -0.337. The molecule has 2 rings (SSSR count). The Kier molecular flexibility index (Phi) is 5.76. The van der Waals surface area contributed by atoms with E-state index in [4.69, 9.17) is 15.2 Å². The van der Waals surface area contributed by atoms with E-state index in [1.54, 1.807) is 18.2 Å². The van der Waals surface area contributed by atoms with Crippen molar-refractivity contribution in [1.29, 1.82) is 0 Å². The fourth-order valence-electron chi connectivity index (χ4n) is 2.59. The standard InChI is InChI=1S/C15H21F3N4O2/c1-23-11-3-4-13(24-2)12(7-11)21-14(19)20-10-5-6-22(8-10)9-15(16,17)18/h3-4,7,10H,5-6,8-9H2,1-2H3,(H3,19,20,21). The molecule has 0 spiro atoms. The largest absolute Gasteiger partial charge is 0.497 e. The molecule has 0 saturated carbocycles. The fraction of sp³-hybridized carbons (Fsp3) is 0.533. The molecule has 9 heteroatoms. The van der Waals surface area contributed by atoms with Crippen LogP contribution >= 0.6 is 0 Å². The number of aliphatic imine (C=N–C) groups is 1. The minimum absolute atomic E-state index is 0.125. The maximum Gasteiger partial charge on any atom is 0.401 e. The van der Waals surface area contributed by atoms with E-state index in [0.717, 1.165) is 0 Å². The number of hydrogen-bond donors (Lipinski definition) is 2. The van der Waals surface area contributed by atoms with Crippen LogP contribution in [0.3, 0.4) is 0 Å². The second-order valence-corrected chi connectivity index (χ2v) is 5.50. The van der Waals surface area contributed by atoms with Crippen LogP contribution in [0.2, 0.25) is 0 Å². The zero-order valence-electron chi connectivity index (χ0n) is 13.6. The van der Waals surface area contributed by atoms with Gasteiger partial charge < -0.3 is 20.5 Å². The molecular weight excluding hydrogens is 325 g/mol. The van der Waals surface area contributed by atoms with E-state index in [9.17, 15) is 13.2 Å². The number of benzene rings is 1. The number of nitrogens with one attached hydrogen (secondary N) is 1. The Morgan fingerprint density at radius 3 is 2.75 bits per heavy atom. The Morgan fingerprint density at radius 2 is 2.12 bits per heavy atom. The molecule has 1 atom stereocenters. The van der Waals surface area contributed by atoms with Gasteiger partial charge in [-0.2, -0.15) is 13.2 Å². The van der Waals surface area contributed by atoms with Crippen molar-refractivity contribution in [2.24, 2.45) is 10.7 Å². The highest BCUT2D eigenvalue weighted by molar-refractivity contribution is 5.94. The number of likely N-dealkylation sites (tertiary alicyclic amines) is 1. The third-order valence-corrected chi connectivity index (χ3v) is 3.64. The van der Waals surface area contributed by atoms with Crippen molar-refractivity contribution < 1.29 is 22.6 Å². The molecule has 1 unspecified atom stereocenters. The number of guanidine groups is 1. The summed E-state index contributed by atoms with van der Waals surface area (Å²) in [7, 11) is 3.06. The third kappa shape index (κ3) is 5.19. The van der Waals surface area contributed by atoms with Crippen molar-refractivity contribution in [3.63, 3.8) is 0 Å². The number of ether oxygens (including phenoxy) is 2. The lowest BCUT2D eigenvalue weighted by molar-refractivity contribution is -0.143. The van der Waals surface area contributed by atoms with Crippen molar-refractivity contribution in [2.45, 2.75) is 18.6 Å². The van der Waals surface area contributed by atoms with Gasteiger partial charge in [-0.3, -0.25) is 4.90 Å². The first kappa shape index (κ1) is 18.2. The van der Waals surface area contributed by atoms with Gasteiger partial charge in [0.05, 0.1) is 32.5 Å². The van der Waals surface area contributed by atoms with Gasteiger partial charge in [0.25, 0.3) is 0 Å². The van der Waals surface area contributed by atoms with Crippen LogP contribution in [-0.2, 0) is 0 Å². The first-order chi connectivity index (χ1) is 11.3. The van der Waals surface area contributed by atoms with Crippen molar-refractivity contribution in [3.8, 4) is 11.5 Å². The Morgan fingerprint density at radius 1 is 1.38 bits per heavy atom. The summed E-state index contributed by atoms with van der Waals surface area (Å²) in [6, 6.07) is 4.89. The lowest BCUT2D eigenvalue weighted by Gasteiger charge is -2.17. The highest BCUT2D eigenvalue weighted by Crippen LogP contribution is 2.29. The van der Waals surface area contributed by atoms with Crippen LogP contribution in [0.5, 0.6) is 11.5 Å². The summed E-state index contributed by atoms with van der Waals surface area (Å²) in [4.78, 5) is 5.59. The average molecular weight is 346 g/mol. The quantitative estimate of drug-likeness (QED) is 0.631. The van der Waals surface area contributed by atoms with Gasteiger partial charge >= 0.3 is 6.18 Å². The minimum Gasteiger partial charge on any atom is -0.497 e. The summed E-state index contributed by atoms with van der Waals surface area (Å²) < 4.78 is 47.6. The summed E-state index contributed by atoms with van der Waals surface area (Å²) in [6.07, 6.45) is -3.66. The molecule has 1 heterocycles. The number of nitrogens with zero attached hydrogens (tertiary/aromatic N) is 2. The Bertz CT molecular complexity index is 593. The molecule has 1 fully saturated rings. The maximum atomic E-state index is 12.4. The molecule has 134 valence electrons. The molecule has 3 N–H and O–H groups in total. The van der Waals surface area contributed by atoms with Gasteiger partial charge in [-0.15, -0.1) is 0 Å². The van der Waals surface area contributed by atoms with Gasteiger partial charge in [0, 0.05) is 19.2 Å². The molecule has 1 aliphatic rings. The summed E-state index contributed by atoms with van der Waals surface area (Å²) in [5, 5.41) is 2.91. The van der Waals surface area contributed by atoms with Gasteiger partial charge in [0.1, 0.15) is 11.5 Å². The van der Waals surface area contributed by atoms with E-state index in [0.29, 0.717) is 30.2 Å². The fourth-order valence-corrected chi connectivity index (χ4v) is 2.59. The van der Waals surface area contributed by atoms with Gasteiger partial charge in [-0.1, -0.05) is 0 Å². The zero-order chi connectivity index (χ0) is 17.7. The van der Waals surface area contributed by atoms with Crippen LogP contribution in [0.15, 0.2) is 23.2 Å². The van der Waals surface area contributed by atoms with E-state index in [2.05, 4.69) is 10.3 Å². The molecule has 1 aliphatic heterocycles. The van der Waals surface area contributed by atoms with Crippen LogP contribution in [0.25, 0.3) is 0 Å². The first-order valence-electron chi connectivity index (χ1n) is 7.42. The van der Waals surface area contributed by atoms with Gasteiger partial charge in [-0.25, -0.2) is 4.99 Å². The normalized spacial score (nSPS) is 19.4. The highest BCUT2D eigenvalue weighted by atomic mass is 19.4. The van der Waals surface area contributed by atoms with E-state index in [-0.39, 0.29) is 18.5 Å². The van der Waals surface area contributed by atoms with E-state index in [1.165, 1.54) is 19.1 Å².